The standard InChI is InChI=1S/C19H19BrFN3O3S2/c20-17-4-3-15(29-17)18(25)23-8-12-10-24(19(26)27-12)11-1-2-13(14(21)7-11)16-9-22-5-6-28-16/h1-4,7,12,16,22H,5-6,8-10H2,(H,23,25)/t12-,16?/m0/s1. The Labute approximate surface area is 184 Å². The molecule has 4 rings (SSSR count). The van der Waals surface area contributed by atoms with Crippen molar-refractivity contribution in [3.8, 4) is 0 Å². The lowest BCUT2D eigenvalue weighted by Crippen LogP contribution is -2.34. The number of hydrogen-bond acceptors (Lipinski definition) is 6. The molecule has 1 unspecified atom stereocenters. The second-order valence-corrected chi connectivity index (χ2v) is 10.5. The lowest BCUT2D eigenvalue weighted by molar-refractivity contribution is 0.0920. The molecule has 6 nitrogen and oxygen atoms in total. The third-order valence-electron chi connectivity index (χ3n) is 4.73. The highest BCUT2D eigenvalue weighted by molar-refractivity contribution is 9.11. The fourth-order valence-corrected chi connectivity index (χ4v) is 5.73. The summed E-state index contributed by atoms with van der Waals surface area (Å²) >= 11 is 6.38. The van der Waals surface area contributed by atoms with Crippen LogP contribution in [0.25, 0.3) is 0 Å². The summed E-state index contributed by atoms with van der Waals surface area (Å²) in [6, 6.07) is 8.40. The van der Waals surface area contributed by atoms with Crippen molar-refractivity contribution in [2.45, 2.75) is 11.4 Å². The molecule has 0 saturated carbocycles. The summed E-state index contributed by atoms with van der Waals surface area (Å²) in [5, 5.41) is 6.12. The van der Waals surface area contributed by atoms with E-state index in [9.17, 15) is 14.0 Å². The number of carbonyl (C=O) groups excluding carboxylic acids is 2. The summed E-state index contributed by atoms with van der Waals surface area (Å²) in [4.78, 5) is 26.4. The predicted octanol–water partition coefficient (Wildman–Crippen LogP) is 3.78. The van der Waals surface area contributed by atoms with Gasteiger partial charge in [0.25, 0.3) is 5.91 Å². The molecule has 2 aromatic rings. The molecule has 2 amide bonds. The van der Waals surface area contributed by atoms with E-state index in [0.717, 1.165) is 22.6 Å². The first-order chi connectivity index (χ1) is 14.0. The second kappa shape index (κ2) is 9.03. The van der Waals surface area contributed by atoms with Crippen LogP contribution in [0.15, 0.2) is 34.1 Å². The van der Waals surface area contributed by atoms with Crippen LogP contribution in [0.4, 0.5) is 14.9 Å². The van der Waals surface area contributed by atoms with Crippen molar-refractivity contribution >= 4 is 56.7 Å². The third kappa shape index (κ3) is 4.76. The Morgan fingerprint density at radius 2 is 2.24 bits per heavy atom. The summed E-state index contributed by atoms with van der Waals surface area (Å²) in [5.41, 5.74) is 1.10. The van der Waals surface area contributed by atoms with Crippen molar-refractivity contribution in [1.29, 1.82) is 0 Å². The second-order valence-electron chi connectivity index (χ2n) is 6.70. The van der Waals surface area contributed by atoms with Gasteiger partial charge in [-0.05, 0) is 40.2 Å². The highest BCUT2D eigenvalue weighted by Gasteiger charge is 2.33. The van der Waals surface area contributed by atoms with E-state index in [1.165, 1.54) is 22.3 Å². The third-order valence-corrected chi connectivity index (χ3v) is 7.62. The smallest absolute Gasteiger partial charge is 0.414 e. The Morgan fingerprint density at radius 1 is 1.38 bits per heavy atom. The lowest BCUT2D eigenvalue weighted by atomic mass is 10.1. The number of nitrogens with one attached hydrogen (secondary N) is 2. The van der Waals surface area contributed by atoms with Gasteiger partial charge in [-0.3, -0.25) is 9.69 Å². The van der Waals surface area contributed by atoms with Crippen molar-refractivity contribution in [1.82, 2.24) is 10.6 Å². The summed E-state index contributed by atoms with van der Waals surface area (Å²) < 4.78 is 20.9. The molecule has 2 N–H and O–H groups in total. The Morgan fingerprint density at radius 3 is 2.93 bits per heavy atom. The summed E-state index contributed by atoms with van der Waals surface area (Å²) in [7, 11) is 0. The van der Waals surface area contributed by atoms with E-state index in [2.05, 4.69) is 26.6 Å². The Kier molecular flexibility index (Phi) is 6.43. The average Bonchev–Trinajstić information content (AvgIpc) is 3.32. The molecule has 2 aliphatic rings. The van der Waals surface area contributed by atoms with Gasteiger partial charge in [0.1, 0.15) is 11.9 Å². The summed E-state index contributed by atoms with van der Waals surface area (Å²) in [6.07, 6.45) is -1.03. The first-order valence-corrected chi connectivity index (χ1v) is 11.8. The van der Waals surface area contributed by atoms with E-state index in [-0.39, 0.29) is 30.1 Å². The number of halogens is 2. The number of benzene rings is 1. The minimum absolute atomic E-state index is 0.0728. The van der Waals surface area contributed by atoms with Gasteiger partial charge in [-0.2, -0.15) is 11.8 Å². The van der Waals surface area contributed by atoms with E-state index in [1.807, 2.05) is 0 Å². The Balaban J connectivity index is 1.37. The fourth-order valence-electron chi connectivity index (χ4n) is 3.28. The zero-order valence-electron chi connectivity index (χ0n) is 15.3. The van der Waals surface area contributed by atoms with E-state index >= 15 is 0 Å². The molecule has 29 heavy (non-hydrogen) atoms. The van der Waals surface area contributed by atoms with E-state index in [0.29, 0.717) is 16.1 Å². The summed E-state index contributed by atoms with van der Waals surface area (Å²) in [6.45, 7) is 2.12. The molecule has 3 heterocycles. The molecule has 154 valence electrons. The number of thiophene rings is 1. The number of thioether (sulfide) groups is 1. The zero-order valence-corrected chi connectivity index (χ0v) is 18.5. The maximum absolute atomic E-state index is 14.7. The molecule has 1 aromatic heterocycles. The largest absolute Gasteiger partial charge is 0.442 e. The molecule has 0 spiro atoms. The minimum Gasteiger partial charge on any atom is -0.442 e. The minimum atomic E-state index is -0.538. The quantitative estimate of drug-likeness (QED) is 0.654. The van der Waals surface area contributed by atoms with Crippen LogP contribution in [-0.4, -0.2) is 50.0 Å². The number of rotatable bonds is 5. The van der Waals surface area contributed by atoms with Crippen LogP contribution in [0.3, 0.4) is 0 Å². The predicted molar refractivity (Wildman–Crippen MR) is 116 cm³/mol. The normalized spacial score (nSPS) is 21.9. The van der Waals surface area contributed by atoms with Gasteiger partial charge < -0.3 is 15.4 Å². The zero-order chi connectivity index (χ0) is 20.4. The Bertz CT molecular complexity index is 920. The van der Waals surface area contributed by atoms with Crippen molar-refractivity contribution < 1.29 is 18.7 Å². The van der Waals surface area contributed by atoms with Crippen LogP contribution in [0.1, 0.15) is 20.5 Å². The Hall–Kier alpha value is -1.62. The number of cyclic esters (lactones) is 1. The van der Waals surface area contributed by atoms with Crippen molar-refractivity contribution in [3.05, 3.63) is 50.4 Å². The maximum atomic E-state index is 14.7. The molecule has 2 aliphatic heterocycles. The first-order valence-electron chi connectivity index (χ1n) is 9.14. The number of ether oxygens (including phenoxy) is 1. The van der Waals surface area contributed by atoms with E-state index < -0.39 is 12.2 Å². The van der Waals surface area contributed by atoms with Gasteiger partial charge in [-0.1, -0.05) is 6.07 Å². The van der Waals surface area contributed by atoms with Crippen molar-refractivity contribution in [3.63, 3.8) is 0 Å². The lowest BCUT2D eigenvalue weighted by Gasteiger charge is -2.24. The molecule has 2 fully saturated rings. The first kappa shape index (κ1) is 20.6. The fraction of sp³-hybridized carbons (Fsp3) is 0.368. The van der Waals surface area contributed by atoms with E-state index in [1.54, 1.807) is 36.0 Å². The molecular weight excluding hydrogens is 481 g/mol. The topological polar surface area (TPSA) is 70.7 Å². The molecule has 10 heteroatoms. The molecular formula is C19H19BrFN3O3S2. The SMILES string of the molecule is O=C(NC[C@H]1CN(c2ccc(C3CNCCS3)c(F)c2)C(=O)O1)c1ccc(Br)s1. The van der Waals surface area contributed by atoms with Crippen LogP contribution < -0.4 is 15.5 Å². The maximum Gasteiger partial charge on any atom is 0.414 e. The highest BCUT2D eigenvalue weighted by atomic mass is 79.9. The number of carbonyl (C=O) groups is 2. The van der Waals surface area contributed by atoms with Crippen LogP contribution >= 0.6 is 39.0 Å². The summed E-state index contributed by atoms with van der Waals surface area (Å²) in [5.74, 6) is 0.404. The van der Waals surface area contributed by atoms with Crippen molar-refractivity contribution in [2.24, 2.45) is 0 Å². The van der Waals surface area contributed by atoms with Gasteiger partial charge in [0, 0.05) is 29.7 Å². The number of amides is 2. The molecule has 0 aliphatic carbocycles. The van der Waals surface area contributed by atoms with Crippen LogP contribution in [0.5, 0.6) is 0 Å². The molecule has 0 bridgehead atoms. The van der Waals surface area contributed by atoms with Gasteiger partial charge in [-0.25, -0.2) is 9.18 Å². The van der Waals surface area contributed by atoms with Gasteiger partial charge in [0.2, 0.25) is 0 Å². The molecule has 0 radical (unpaired) electrons. The molecule has 1 aromatic carbocycles. The van der Waals surface area contributed by atoms with Crippen molar-refractivity contribution in [2.75, 3.05) is 36.8 Å². The molecule has 2 saturated heterocycles. The van der Waals surface area contributed by atoms with Gasteiger partial charge in [0.15, 0.2) is 0 Å². The van der Waals surface area contributed by atoms with E-state index in [4.69, 9.17) is 4.74 Å². The number of anilines is 1. The van der Waals surface area contributed by atoms with Crippen LogP contribution in [0.2, 0.25) is 0 Å². The highest BCUT2D eigenvalue weighted by Crippen LogP contribution is 2.34. The molecule has 2 atom stereocenters. The van der Waals surface area contributed by atoms with Gasteiger partial charge >= 0.3 is 6.09 Å². The monoisotopic (exact) mass is 499 g/mol. The van der Waals surface area contributed by atoms with Crippen LogP contribution in [0, 0.1) is 5.82 Å². The number of hydrogen-bond donors (Lipinski definition) is 2. The average molecular weight is 500 g/mol. The van der Waals surface area contributed by atoms with Crippen LogP contribution in [-0.2, 0) is 4.74 Å². The number of nitrogens with zero attached hydrogens (tertiary/aromatic N) is 1. The van der Waals surface area contributed by atoms with Gasteiger partial charge in [0.05, 0.1) is 27.4 Å². The van der Waals surface area contributed by atoms with Gasteiger partial charge in [-0.15, -0.1) is 11.3 Å².